The van der Waals surface area contributed by atoms with Crippen molar-refractivity contribution in [1.29, 1.82) is 0 Å². The van der Waals surface area contributed by atoms with Crippen molar-refractivity contribution < 1.29 is 4.92 Å². The Labute approximate surface area is 123 Å². The van der Waals surface area contributed by atoms with Crippen LogP contribution in [0.1, 0.15) is 16.7 Å². The van der Waals surface area contributed by atoms with Crippen LogP contribution in [-0.4, -0.2) is 27.9 Å². The van der Waals surface area contributed by atoms with Gasteiger partial charge in [-0.3, -0.25) is 20.0 Å². The third-order valence-electron chi connectivity index (χ3n) is 3.96. The molecule has 21 heavy (non-hydrogen) atoms. The lowest BCUT2D eigenvalue weighted by Gasteiger charge is -2.28. The Morgan fingerprint density at radius 1 is 1.19 bits per heavy atom. The molecule has 0 spiro atoms. The number of aromatic nitrogens is 1. The first-order valence-electron chi connectivity index (χ1n) is 7.10. The van der Waals surface area contributed by atoms with Crippen molar-refractivity contribution in [2.45, 2.75) is 19.4 Å². The molecule has 0 N–H and O–H groups in total. The molecule has 0 bridgehead atoms. The first-order valence-corrected chi connectivity index (χ1v) is 7.10. The summed E-state index contributed by atoms with van der Waals surface area (Å²) in [6.07, 6.45) is 5.78. The van der Waals surface area contributed by atoms with Crippen LogP contribution in [0.25, 0.3) is 0 Å². The largest absolute Gasteiger partial charge is 0.298 e. The van der Waals surface area contributed by atoms with E-state index in [0.717, 1.165) is 38.0 Å². The molecule has 0 fully saturated rings. The molecule has 0 saturated heterocycles. The van der Waals surface area contributed by atoms with Gasteiger partial charge in [0.2, 0.25) is 0 Å². The van der Waals surface area contributed by atoms with Crippen LogP contribution in [0.5, 0.6) is 0 Å². The molecule has 0 aliphatic carbocycles. The Hall–Kier alpha value is -2.27. The van der Waals surface area contributed by atoms with Crippen LogP contribution in [0.2, 0.25) is 0 Å². The second kappa shape index (κ2) is 6.01. The van der Waals surface area contributed by atoms with E-state index in [4.69, 9.17) is 0 Å². The van der Waals surface area contributed by atoms with Gasteiger partial charge in [0.15, 0.2) is 0 Å². The predicted octanol–water partition coefficient (Wildman–Crippen LogP) is 2.59. The highest BCUT2D eigenvalue weighted by molar-refractivity contribution is 5.33. The molecule has 2 aromatic rings. The Balaban J connectivity index is 1.57. The summed E-state index contributed by atoms with van der Waals surface area (Å²) in [4.78, 5) is 16.9. The number of hydrogen-bond donors (Lipinski definition) is 0. The lowest BCUT2D eigenvalue weighted by molar-refractivity contribution is -0.384. The van der Waals surface area contributed by atoms with Crippen LogP contribution in [0.4, 0.5) is 5.69 Å². The van der Waals surface area contributed by atoms with Gasteiger partial charge in [-0.1, -0.05) is 12.1 Å². The number of pyridine rings is 1. The van der Waals surface area contributed by atoms with Gasteiger partial charge in [0.1, 0.15) is 0 Å². The zero-order valence-corrected chi connectivity index (χ0v) is 11.7. The molecule has 0 saturated carbocycles. The van der Waals surface area contributed by atoms with E-state index in [1.165, 1.54) is 11.1 Å². The number of non-ortho nitro benzene ring substituents is 1. The van der Waals surface area contributed by atoms with Crippen molar-refractivity contribution in [3.8, 4) is 0 Å². The Kier molecular flexibility index (Phi) is 3.92. The van der Waals surface area contributed by atoms with Gasteiger partial charge in [-0.05, 0) is 35.6 Å². The number of rotatable bonds is 4. The number of nitro benzene ring substituents is 1. The number of fused-ring (bicyclic) bond motifs is 1. The molecule has 0 radical (unpaired) electrons. The summed E-state index contributed by atoms with van der Waals surface area (Å²) in [6, 6.07) is 8.94. The second-order valence-electron chi connectivity index (χ2n) is 5.34. The molecule has 108 valence electrons. The molecule has 0 amide bonds. The van der Waals surface area contributed by atoms with Crippen LogP contribution in [0.15, 0.2) is 42.7 Å². The van der Waals surface area contributed by atoms with Crippen molar-refractivity contribution in [3.05, 3.63) is 69.5 Å². The molecule has 5 nitrogen and oxygen atoms in total. The van der Waals surface area contributed by atoms with Gasteiger partial charge >= 0.3 is 0 Å². The normalized spacial score (nSPS) is 14.7. The molecule has 1 aliphatic heterocycles. The Bertz CT molecular complexity index is 640. The maximum Gasteiger partial charge on any atom is 0.269 e. The van der Waals surface area contributed by atoms with Gasteiger partial charge in [0.25, 0.3) is 5.69 Å². The summed E-state index contributed by atoms with van der Waals surface area (Å²) in [7, 11) is 0. The monoisotopic (exact) mass is 283 g/mol. The van der Waals surface area contributed by atoms with Crippen LogP contribution >= 0.6 is 0 Å². The summed E-state index contributed by atoms with van der Waals surface area (Å²) in [5.41, 5.74) is 4.00. The molecule has 0 unspecified atom stereocenters. The Morgan fingerprint density at radius 3 is 2.76 bits per heavy atom. The van der Waals surface area contributed by atoms with Gasteiger partial charge in [-0.15, -0.1) is 0 Å². The molecule has 1 aromatic carbocycles. The fraction of sp³-hybridized carbons (Fsp3) is 0.312. The van der Waals surface area contributed by atoms with Gasteiger partial charge < -0.3 is 0 Å². The van der Waals surface area contributed by atoms with Gasteiger partial charge in [0, 0.05) is 44.2 Å². The molecular formula is C16H17N3O2. The smallest absolute Gasteiger partial charge is 0.269 e. The summed E-state index contributed by atoms with van der Waals surface area (Å²) in [5, 5.41) is 10.6. The van der Waals surface area contributed by atoms with E-state index < -0.39 is 0 Å². The van der Waals surface area contributed by atoms with Crippen molar-refractivity contribution in [1.82, 2.24) is 9.88 Å². The Morgan fingerprint density at radius 2 is 2.00 bits per heavy atom. The highest BCUT2D eigenvalue weighted by Gasteiger charge is 2.15. The lowest BCUT2D eigenvalue weighted by Crippen LogP contribution is -2.32. The van der Waals surface area contributed by atoms with Gasteiger partial charge in [-0.2, -0.15) is 0 Å². The summed E-state index contributed by atoms with van der Waals surface area (Å²) < 4.78 is 0. The first kappa shape index (κ1) is 13.7. The average molecular weight is 283 g/mol. The van der Waals surface area contributed by atoms with Crippen LogP contribution in [0.3, 0.4) is 0 Å². The average Bonchev–Trinajstić information content (AvgIpc) is 2.53. The molecule has 3 rings (SSSR count). The van der Waals surface area contributed by atoms with Gasteiger partial charge in [-0.25, -0.2) is 0 Å². The van der Waals surface area contributed by atoms with Crippen LogP contribution in [0, 0.1) is 10.1 Å². The van der Waals surface area contributed by atoms with E-state index in [-0.39, 0.29) is 10.6 Å². The maximum atomic E-state index is 10.6. The minimum Gasteiger partial charge on any atom is -0.298 e. The maximum absolute atomic E-state index is 10.6. The van der Waals surface area contributed by atoms with E-state index in [2.05, 4.69) is 16.0 Å². The third kappa shape index (κ3) is 3.25. The minimum absolute atomic E-state index is 0.150. The van der Waals surface area contributed by atoms with E-state index in [1.54, 1.807) is 12.1 Å². The van der Waals surface area contributed by atoms with Crippen molar-refractivity contribution in [2.75, 3.05) is 13.1 Å². The van der Waals surface area contributed by atoms with Crippen molar-refractivity contribution in [3.63, 3.8) is 0 Å². The molecular weight excluding hydrogens is 266 g/mol. The highest BCUT2D eigenvalue weighted by Crippen LogP contribution is 2.18. The molecule has 1 aliphatic rings. The second-order valence-corrected chi connectivity index (χ2v) is 5.34. The molecule has 0 atom stereocenters. The first-order chi connectivity index (χ1) is 10.2. The number of benzene rings is 1. The van der Waals surface area contributed by atoms with Crippen LogP contribution < -0.4 is 0 Å². The van der Waals surface area contributed by atoms with E-state index in [9.17, 15) is 10.1 Å². The quantitative estimate of drug-likeness (QED) is 0.639. The van der Waals surface area contributed by atoms with Crippen molar-refractivity contribution in [2.24, 2.45) is 0 Å². The van der Waals surface area contributed by atoms with E-state index in [1.807, 2.05) is 24.5 Å². The standard InChI is InChI=1S/C16H17N3O2/c20-19(21)16-3-1-13(2-4-16)6-9-18-10-7-14-5-8-17-11-15(14)12-18/h1-5,8,11H,6-7,9-10,12H2. The SMILES string of the molecule is O=[N+]([O-])c1ccc(CCN2CCc3ccncc3C2)cc1. The summed E-state index contributed by atoms with van der Waals surface area (Å²) in [5.74, 6) is 0. The summed E-state index contributed by atoms with van der Waals surface area (Å²) in [6.45, 7) is 2.96. The topological polar surface area (TPSA) is 59.3 Å². The number of nitrogens with zero attached hydrogens (tertiary/aromatic N) is 3. The third-order valence-corrected chi connectivity index (χ3v) is 3.96. The van der Waals surface area contributed by atoms with Gasteiger partial charge in [0.05, 0.1) is 4.92 Å². The van der Waals surface area contributed by atoms with Crippen LogP contribution in [-0.2, 0) is 19.4 Å². The molecule has 1 aromatic heterocycles. The minimum atomic E-state index is -0.363. The highest BCUT2D eigenvalue weighted by atomic mass is 16.6. The lowest BCUT2D eigenvalue weighted by atomic mass is 10.0. The van der Waals surface area contributed by atoms with E-state index >= 15 is 0 Å². The zero-order chi connectivity index (χ0) is 14.7. The number of nitro groups is 1. The fourth-order valence-corrected chi connectivity index (χ4v) is 2.70. The zero-order valence-electron chi connectivity index (χ0n) is 11.7. The number of hydrogen-bond acceptors (Lipinski definition) is 4. The predicted molar refractivity (Wildman–Crippen MR) is 80.0 cm³/mol. The van der Waals surface area contributed by atoms with E-state index in [0.29, 0.717) is 0 Å². The molecule has 5 heteroatoms. The van der Waals surface area contributed by atoms with Crippen molar-refractivity contribution >= 4 is 5.69 Å². The molecule has 2 heterocycles. The summed E-state index contributed by atoms with van der Waals surface area (Å²) >= 11 is 0. The fourth-order valence-electron chi connectivity index (χ4n) is 2.70.